The second-order valence-electron chi connectivity index (χ2n) is 4.74. The number of methoxy groups -OCH3 is 1. The standard InChI is InChI=1S/C17H17NO5/c1-3-23-17(21)14-13(16(20)22-2)9-10-18(15(14)19)11-12-7-5-4-6-8-12/h4-10H,3,11H2,1-2H3. The molecule has 1 aromatic heterocycles. The molecule has 6 nitrogen and oxygen atoms in total. The highest BCUT2D eigenvalue weighted by Gasteiger charge is 2.24. The van der Waals surface area contributed by atoms with Gasteiger partial charge in [0.25, 0.3) is 5.56 Å². The van der Waals surface area contributed by atoms with Gasteiger partial charge in [-0.1, -0.05) is 30.3 Å². The molecule has 1 heterocycles. The molecule has 0 bridgehead atoms. The van der Waals surface area contributed by atoms with Crippen LogP contribution < -0.4 is 5.56 Å². The van der Waals surface area contributed by atoms with E-state index in [1.54, 1.807) is 6.92 Å². The van der Waals surface area contributed by atoms with E-state index >= 15 is 0 Å². The number of carbonyl (C=O) groups is 2. The Labute approximate surface area is 133 Å². The van der Waals surface area contributed by atoms with Crippen LogP contribution in [-0.4, -0.2) is 30.2 Å². The fourth-order valence-corrected chi connectivity index (χ4v) is 2.16. The molecule has 0 unspecified atom stereocenters. The van der Waals surface area contributed by atoms with Crippen LogP contribution in [0.2, 0.25) is 0 Å². The maximum atomic E-state index is 12.6. The Balaban J connectivity index is 2.51. The number of rotatable bonds is 5. The minimum Gasteiger partial charge on any atom is -0.465 e. The van der Waals surface area contributed by atoms with Gasteiger partial charge in [-0.25, -0.2) is 9.59 Å². The van der Waals surface area contributed by atoms with Crippen molar-refractivity contribution in [3.63, 3.8) is 0 Å². The maximum absolute atomic E-state index is 12.6. The molecule has 6 heteroatoms. The second kappa shape index (κ2) is 7.40. The normalized spacial score (nSPS) is 10.2. The molecular weight excluding hydrogens is 298 g/mol. The molecular formula is C17H17NO5. The highest BCUT2D eigenvalue weighted by atomic mass is 16.5. The predicted octanol–water partition coefficient (Wildman–Crippen LogP) is 1.86. The molecule has 0 spiro atoms. The Hall–Kier alpha value is -2.89. The Kier molecular flexibility index (Phi) is 5.30. The zero-order valence-corrected chi connectivity index (χ0v) is 12.9. The molecule has 23 heavy (non-hydrogen) atoms. The Morgan fingerprint density at radius 3 is 2.39 bits per heavy atom. The highest BCUT2D eigenvalue weighted by molar-refractivity contribution is 6.02. The largest absolute Gasteiger partial charge is 0.465 e. The van der Waals surface area contributed by atoms with Crippen molar-refractivity contribution in [2.75, 3.05) is 13.7 Å². The Morgan fingerprint density at radius 1 is 1.09 bits per heavy atom. The zero-order chi connectivity index (χ0) is 16.8. The lowest BCUT2D eigenvalue weighted by atomic mass is 10.1. The molecule has 0 aliphatic heterocycles. The van der Waals surface area contributed by atoms with Crippen molar-refractivity contribution in [3.8, 4) is 0 Å². The van der Waals surface area contributed by atoms with E-state index in [1.165, 1.54) is 23.9 Å². The summed E-state index contributed by atoms with van der Waals surface area (Å²) < 4.78 is 10.9. The van der Waals surface area contributed by atoms with Gasteiger partial charge < -0.3 is 14.0 Å². The van der Waals surface area contributed by atoms with Crippen LogP contribution in [0.25, 0.3) is 0 Å². The van der Waals surface area contributed by atoms with E-state index in [9.17, 15) is 14.4 Å². The van der Waals surface area contributed by atoms with E-state index in [0.29, 0.717) is 0 Å². The van der Waals surface area contributed by atoms with Gasteiger partial charge in [-0.15, -0.1) is 0 Å². The first-order chi connectivity index (χ1) is 11.1. The summed E-state index contributed by atoms with van der Waals surface area (Å²) >= 11 is 0. The van der Waals surface area contributed by atoms with Crippen LogP contribution in [0.5, 0.6) is 0 Å². The van der Waals surface area contributed by atoms with Gasteiger partial charge in [0.05, 0.1) is 25.8 Å². The van der Waals surface area contributed by atoms with E-state index in [2.05, 4.69) is 4.74 Å². The number of esters is 2. The molecule has 0 fully saturated rings. The quantitative estimate of drug-likeness (QED) is 0.787. The van der Waals surface area contributed by atoms with Crippen molar-refractivity contribution in [2.45, 2.75) is 13.5 Å². The van der Waals surface area contributed by atoms with Gasteiger partial charge in [-0.05, 0) is 18.6 Å². The first-order valence-electron chi connectivity index (χ1n) is 7.11. The summed E-state index contributed by atoms with van der Waals surface area (Å²) in [5, 5.41) is 0. The number of pyridine rings is 1. The summed E-state index contributed by atoms with van der Waals surface area (Å²) in [6.45, 7) is 2.02. The number of hydrogen-bond donors (Lipinski definition) is 0. The number of benzene rings is 1. The van der Waals surface area contributed by atoms with Crippen LogP contribution in [0, 0.1) is 0 Å². The Bertz CT molecular complexity index is 764. The van der Waals surface area contributed by atoms with E-state index in [4.69, 9.17) is 4.74 Å². The lowest BCUT2D eigenvalue weighted by molar-refractivity contribution is 0.0501. The SMILES string of the molecule is CCOC(=O)c1c(C(=O)OC)ccn(Cc2ccccc2)c1=O. The van der Waals surface area contributed by atoms with Crippen molar-refractivity contribution in [2.24, 2.45) is 0 Å². The third-order valence-corrected chi connectivity index (χ3v) is 3.25. The van der Waals surface area contributed by atoms with Crippen LogP contribution in [0.15, 0.2) is 47.4 Å². The summed E-state index contributed by atoms with van der Waals surface area (Å²) in [7, 11) is 1.19. The topological polar surface area (TPSA) is 74.6 Å². The van der Waals surface area contributed by atoms with E-state index in [1.807, 2.05) is 30.3 Å². The molecule has 0 radical (unpaired) electrons. The summed E-state index contributed by atoms with van der Waals surface area (Å²) in [5.41, 5.74) is -0.0946. The van der Waals surface area contributed by atoms with Crippen molar-refractivity contribution in [1.29, 1.82) is 0 Å². The molecule has 0 amide bonds. The van der Waals surface area contributed by atoms with Crippen molar-refractivity contribution in [3.05, 3.63) is 69.6 Å². The lowest BCUT2D eigenvalue weighted by Crippen LogP contribution is -2.30. The molecule has 0 saturated heterocycles. The number of aromatic nitrogens is 1. The molecule has 0 saturated carbocycles. The van der Waals surface area contributed by atoms with Gasteiger partial charge in [0.1, 0.15) is 5.56 Å². The third-order valence-electron chi connectivity index (χ3n) is 3.25. The van der Waals surface area contributed by atoms with E-state index in [-0.39, 0.29) is 24.3 Å². The smallest absolute Gasteiger partial charge is 0.344 e. The summed E-state index contributed by atoms with van der Waals surface area (Å²) in [4.78, 5) is 36.4. The van der Waals surface area contributed by atoms with Gasteiger partial charge in [0, 0.05) is 6.20 Å². The minimum absolute atomic E-state index is 0.0970. The fraction of sp³-hybridized carbons (Fsp3) is 0.235. The average molecular weight is 315 g/mol. The van der Waals surface area contributed by atoms with Gasteiger partial charge >= 0.3 is 11.9 Å². The van der Waals surface area contributed by atoms with Crippen LogP contribution in [0.4, 0.5) is 0 Å². The minimum atomic E-state index is -0.833. The van der Waals surface area contributed by atoms with Gasteiger partial charge in [-0.2, -0.15) is 0 Å². The zero-order valence-electron chi connectivity index (χ0n) is 12.9. The summed E-state index contributed by atoms with van der Waals surface area (Å²) in [6, 6.07) is 10.7. The molecule has 1 aromatic carbocycles. The van der Waals surface area contributed by atoms with Crippen molar-refractivity contribution < 1.29 is 19.1 Å². The fourth-order valence-electron chi connectivity index (χ4n) is 2.16. The Morgan fingerprint density at radius 2 is 1.78 bits per heavy atom. The highest BCUT2D eigenvalue weighted by Crippen LogP contribution is 2.09. The first kappa shape index (κ1) is 16.5. The van der Waals surface area contributed by atoms with Gasteiger partial charge in [0.2, 0.25) is 0 Å². The van der Waals surface area contributed by atoms with Gasteiger partial charge in [0.15, 0.2) is 0 Å². The van der Waals surface area contributed by atoms with Crippen LogP contribution in [-0.2, 0) is 16.0 Å². The lowest BCUT2D eigenvalue weighted by Gasteiger charge is -2.11. The molecule has 0 N–H and O–H groups in total. The molecule has 120 valence electrons. The monoisotopic (exact) mass is 315 g/mol. The number of hydrogen-bond acceptors (Lipinski definition) is 5. The van der Waals surface area contributed by atoms with Crippen molar-refractivity contribution in [1.82, 2.24) is 4.57 Å². The number of ether oxygens (including phenoxy) is 2. The number of carbonyl (C=O) groups excluding carboxylic acids is 2. The molecule has 2 rings (SSSR count). The van der Waals surface area contributed by atoms with Crippen LogP contribution >= 0.6 is 0 Å². The predicted molar refractivity (Wildman–Crippen MR) is 83.5 cm³/mol. The van der Waals surface area contributed by atoms with Gasteiger partial charge in [-0.3, -0.25) is 4.79 Å². The molecule has 0 aliphatic carbocycles. The average Bonchev–Trinajstić information content (AvgIpc) is 2.56. The molecule has 0 aliphatic rings. The maximum Gasteiger partial charge on any atom is 0.344 e. The first-order valence-corrected chi connectivity index (χ1v) is 7.11. The number of nitrogens with zero attached hydrogens (tertiary/aromatic N) is 1. The van der Waals surface area contributed by atoms with Crippen molar-refractivity contribution >= 4 is 11.9 Å². The summed E-state index contributed by atoms with van der Waals surface area (Å²) in [6.07, 6.45) is 1.46. The second-order valence-corrected chi connectivity index (χ2v) is 4.74. The van der Waals surface area contributed by atoms with E-state index in [0.717, 1.165) is 5.56 Å². The van der Waals surface area contributed by atoms with Crippen LogP contribution in [0.3, 0.4) is 0 Å². The third kappa shape index (κ3) is 3.66. The van der Waals surface area contributed by atoms with E-state index < -0.39 is 17.5 Å². The molecule has 0 atom stereocenters. The van der Waals surface area contributed by atoms with Crippen LogP contribution in [0.1, 0.15) is 33.2 Å². The summed E-state index contributed by atoms with van der Waals surface area (Å²) in [5.74, 6) is -1.59. The molecule has 2 aromatic rings.